The van der Waals surface area contributed by atoms with E-state index in [9.17, 15) is 5.11 Å². The predicted octanol–water partition coefficient (Wildman–Crippen LogP) is 4.65. The van der Waals surface area contributed by atoms with Crippen molar-refractivity contribution in [1.82, 2.24) is 5.32 Å². The Morgan fingerprint density at radius 2 is 1.52 bits per heavy atom. The molecule has 1 aliphatic rings. The molecule has 0 bridgehead atoms. The maximum atomic E-state index is 10.5. The number of aliphatic hydroxyl groups is 1. The number of hydrogen-bond acceptors (Lipinski definition) is 5. The zero-order valence-corrected chi connectivity index (χ0v) is 18.7. The molecule has 0 fully saturated rings. The molecule has 0 spiro atoms. The van der Waals surface area contributed by atoms with E-state index in [0.29, 0.717) is 6.54 Å². The van der Waals surface area contributed by atoms with Crippen LogP contribution in [-0.2, 0) is 4.74 Å². The summed E-state index contributed by atoms with van der Waals surface area (Å²) < 4.78 is 16.7. The molecule has 0 aliphatic heterocycles. The number of ether oxygens (including phenoxy) is 3. The Morgan fingerprint density at radius 1 is 0.903 bits per heavy atom. The summed E-state index contributed by atoms with van der Waals surface area (Å²) in [6.45, 7) is 1.66. The van der Waals surface area contributed by atoms with Crippen LogP contribution in [0.15, 0.2) is 60.2 Å². The highest BCUT2D eigenvalue weighted by molar-refractivity contribution is 5.36. The van der Waals surface area contributed by atoms with Crippen molar-refractivity contribution in [2.45, 2.75) is 44.3 Å². The van der Waals surface area contributed by atoms with Crippen LogP contribution in [0.5, 0.6) is 11.5 Å². The van der Waals surface area contributed by atoms with Gasteiger partial charge in [0.1, 0.15) is 17.6 Å². The fourth-order valence-electron chi connectivity index (χ4n) is 3.86. The predicted molar refractivity (Wildman–Crippen MR) is 124 cm³/mol. The molecule has 0 unspecified atom stereocenters. The van der Waals surface area contributed by atoms with Crippen LogP contribution < -0.4 is 14.8 Å². The highest BCUT2D eigenvalue weighted by Gasteiger charge is 2.17. The number of rotatable bonds is 12. The molecular weight excluding hydrogens is 390 g/mol. The first-order valence-corrected chi connectivity index (χ1v) is 11.2. The van der Waals surface area contributed by atoms with Crippen LogP contribution in [0.4, 0.5) is 0 Å². The number of hydrogen-bond donors (Lipinski definition) is 2. The molecule has 0 radical (unpaired) electrons. The number of nitrogens with one attached hydrogen (secondary N) is 1. The summed E-state index contributed by atoms with van der Waals surface area (Å²) in [5.41, 5.74) is 3.56. The van der Waals surface area contributed by atoms with Gasteiger partial charge in [-0.2, -0.15) is 0 Å². The van der Waals surface area contributed by atoms with Crippen LogP contribution in [-0.4, -0.2) is 45.1 Å². The lowest BCUT2D eigenvalue weighted by molar-refractivity contribution is 0.00667. The van der Waals surface area contributed by atoms with Crippen LogP contribution in [0, 0.1) is 0 Å². The summed E-state index contributed by atoms with van der Waals surface area (Å²) in [5, 5.41) is 13.8. The third-order valence-corrected chi connectivity index (χ3v) is 5.68. The molecule has 0 saturated heterocycles. The van der Waals surface area contributed by atoms with E-state index < -0.39 is 6.10 Å². The Morgan fingerprint density at radius 3 is 2.03 bits per heavy atom. The van der Waals surface area contributed by atoms with E-state index in [4.69, 9.17) is 14.2 Å². The molecule has 31 heavy (non-hydrogen) atoms. The molecule has 2 N–H and O–H groups in total. The van der Waals surface area contributed by atoms with Crippen molar-refractivity contribution < 1.29 is 19.3 Å². The molecule has 168 valence electrons. The van der Waals surface area contributed by atoms with Crippen LogP contribution in [0.3, 0.4) is 0 Å². The first kappa shape index (κ1) is 23.3. The Balaban J connectivity index is 1.55. The molecule has 0 heterocycles. The van der Waals surface area contributed by atoms with E-state index in [-0.39, 0.29) is 12.7 Å². The van der Waals surface area contributed by atoms with Crippen LogP contribution >= 0.6 is 0 Å². The van der Waals surface area contributed by atoms with Crippen molar-refractivity contribution in [3.63, 3.8) is 0 Å². The van der Waals surface area contributed by atoms with Crippen LogP contribution in [0.1, 0.15) is 49.3 Å². The standard InChI is InChI=1S/C26H35NO4/c1-29-24-12-8-21(9-13-24)26(22-10-14-25(30-2)15-11-22)31-19-23(28)18-27-17-16-20-6-4-3-5-7-20/h6,8-15,23,26-28H,3-5,7,16-19H2,1-2H3/t23-/m1/s1. The second kappa shape index (κ2) is 12.5. The van der Waals surface area contributed by atoms with Gasteiger partial charge in [-0.25, -0.2) is 0 Å². The molecule has 1 atom stereocenters. The molecule has 5 heteroatoms. The topological polar surface area (TPSA) is 60.0 Å². The van der Waals surface area contributed by atoms with Gasteiger partial charge in [-0.05, 0) is 74.0 Å². The fourth-order valence-corrected chi connectivity index (χ4v) is 3.86. The van der Waals surface area contributed by atoms with E-state index in [2.05, 4.69) is 11.4 Å². The van der Waals surface area contributed by atoms with Gasteiger partial charge in [0.15, 0.2) is 0 Å². The number of methoxy groups -OCH3 is 2. The van der Waals surface area contributed by atoms with Gasteiger partial charge in [-0.1, -0.05) is 35.9 Å². The van der Waals surface area contributed by atoms with Crippen molar-refractivity contribution in [1.29, 1.82) is 0 Å². The quantitative estimate of drug-likeness (QED) is 0.383. The normalized spacial score (nSPS) is 14.9. The molecule has 2 aromatic carbocycles. The maximum Gasteiger partial charge on any atom is 0.118 e. The van der Waals surface area contributed by atoms with E-state index in [1.54, 1.807) is 19.8 Å². The third kappa shape index (κ3) is 7.39. The highest BCUT2D eigenvalue weighted by atomic mass is 16.5. The summed E-state index contributed by atoms with van der Waals surface area (Å²) in [5.74, 6) is 1.60. The molecule has 0 amide bonds. The lowest BCUT2D eigenvalue weighted by atomic mass is 9.97. The minimum atomic E-state index is -0.570. The van der Waals surface area contributed by atoms with Crippen molar-refractivity contribution in [3.05, 3.63) is 71.3 Å². The van der Waals surface area contributed by atoms with Gasteiger partial charge in [-0.15, -0.1) is 0 Å². The van der Waals surface area contributed by atoms with Crippen molar-refractivity contribution in [2.75, 3.05) is 33.9 Å². The van der Waals surface area contributed by atoms with E-state index in [1.807, 2.05) is 48.5 Å². The van der Waals surface area contributed by atoms with Crippen molar-refractivity contribution in [3.8, 4) is 11.5 Å². The Hall–Kier alpha value is -2.34. The fraction of sp³-hybridized carbons (Fsp3) is 0.462. The van der Waals surface area contributed by atoms with Gasteiger partial charge in [-0.3, -0.25) is 0 Å². The van der Waals surface area contributed by atoms with Crippen LogP contribution in [0.2, 0.25) is 0 Å². The van der Waals surface area contributed by atoms with Gasteiger partial charge in [0.25, 0.3) is 0 Å². The maximum absolute atomic E-state index is 10.5. The van der Waals surface area contributed by atoms with Crippen LogP contribution in [0.25, 0.3) is 0 Å². The third-order valence-electron chi connectivity index (χ3n) is 5.68. The SMILES string of the molecule is COc1ccc(C(OC[C@H](O)CNCCC2=CCCCC2)c2ccc(OC)cc2)cc1. The van der Waals surface area contributed by atoms with E-state index >= 15 is 0 Å². The first-order valence-electron chi connectivity index (χ1n) is 11.2. The first-order chi connectivity index (χ1) is 15.2. The molecular formula is C26H35NO4. The average Bonchev–Trinajstić information content (AvgIpc) is 2.83. The molecule has 5 nitrogen and oxygen atoms in total. The van der Waals surface area contributed by atoms with Crippen molar-refractivity contribution >= 4 is 0 Å². The number of benzene rings is 2. The molecule has 3 rings (SSSR count). The van der Waals surface area contributed by atoms with E-state index in [0.717, 1.165) is 35.6 Å². The lowest BCUT2D eigenvalue weighted by Crippen LogP contribution is -2.31. The summed E-state index contributed by atoms with van der Waals surface area (Å²) in [7, 11) is 3.31. The van der Waals surface area contributed by atoms with Gasteiger partial charge in [0, 0.05) is 6.54 Å². The number of aliphatic hydroxyl groups excluding tert-OH is 1. The average molecular weight is 426 g/mol. The van der Waals surface area contributed by atoms with Crippen molar-refractivity contribution in [2.24, 2.45) is 0 Å². The Bertz CT molecular complexity index is 754. The highest BCUT2D eigenvalue weighted by Crippen LogP contribution is 2.29. The zero-order valence-electron chi connectivity index (χ0n) is 18.7. The van der Waals surface area contributed by atoms with Gasteiger partial charge >= 0.3 is 0 Å². The smallest absolute Gasteiger partial charge is 0.118 e. The summed E-state index contributed by atoms with van der Waals surface area (Å²) >= 11 is 0. The molecule has 0 saturated carbocycles. The molecule has 2 aromatic rings. The summed E-state index contributed by atoms with van der Waals surface area (Å²) in [4.78, 5) is 0. The largest absolute Gasteiger partial charge is 0.497 e. The number of allylic oxidation sites excluding steroid dienone is 1. The minimum Gasteiger partial charge on any atom is -0.497 e. The summed E-state index contributed by atoms with van der Waals surface area (Å²) in [6.07, 6.45) is 7.64. The monoisotopic (exact) mass is 425 g/mol. The minimum absolute atomic E-state index is 0.248. The van der Waals surface area contributed by atoms with Gasteiger partial charge in [0.05, 0.1) is 26.9 Å². The second-order valence-corrected chi connectivity index (χ2v) is 7.98. The Kier molecular flexibility index (Phi) is 9.40. The second-order valence-electron chi connectivity index (χ2n) is 7.98. The molecule has 1 aliphatic carbocycles. The summed E-state index contributed by atoms with van der Waals surface area (Å²) in [6, 6.07) is 15.7. The lowest BCUT2D eigenvalue weighted by Gasteiger charge is -2.22. The van der Waals surface area contributed by atoms with E-state index in [1.165, 1.54) is 25.7 Å². The molecule has 0 aromatic heterocycles. The van der Waals surface area contributed by atoms with Gasteiger partial charge in [0.2, 0.25) is 0 Å². The zero-order chi connectivity index (χ0) is 21.9. The Labute approximate surface area is 186 Å². The van der Waals surface area contributed by atoms with Gasteiger partial charge < -0.3 is 24.6 Å².